The highest BCUT2D eigenvalue weighted by Crippen LogP contribution is 2.20. The van der Waals surface area contributed by atoms with E-state index in [0.717, 1.165) is 35.7 Å². The largest absolute Gasteiger partial charge is 0.319 e. The van der Waals surface area contributed by atoms with Crippen molar-refractivity contribution in [1.82, 2.24) is 20.3 Å². The number of nitrogens with zero attached hydrogens (tertiary/aromatic N) is 3. The smallest absolute Gasteiger partial charge is 0.159 e. The zero-order chi connectivity index (χ0) is 14.5. The zero-order valence-electron chi connectivity index (χ0n) is 12.6. The quantitative estimate of drug-likeness (QED) is 0.907. The minimum atomic E-state index is 0.577. The molecule has 0 fully saturated rings. The first kappa shape index (κ1) is 14.6. The Hall–Kier alpha value is -1.81. The number of pyridine rings is 1. The molecule has 0 aliphatic carbocycles. The number of nitrogens with one attached hydrogen (secondary N) is 1. The van der Waals surface area contributed by atoms with Gasteiger partial charge < -0.3 is 5.32 Å². The maximum Gasteiger partial charge on any atom is 0.159 e. The predicted molar refractivity (Wildman–Crippen MR) is 81.5 cm³/mol. The third-order valence-corrected chi connectivity index (χ3v) is 3.46. The molecule has 0 bridgehead atoms. The molecule has 0 saturated heterocycles. The van der Waals surface area contributed by atoms with Crippen LogP contribution in [0.25, 0.3) is 11.4 Å². The number of aromatic nitrogens is 3. The number of hydrogen-bond acceptors (Lipinski definition) is 4. The van der Waals surface area contributed by atoms with Crippen molar-refractivity contribution >= 4 is 0 Å². The van der Waals surface area contributed by atoms with Crippen LogP contribution in [0, 0.1) is 19.8 Å². The Kier molecular flexibility index (Phi) is 4.79. The molecule has 2 rings (SSSR count). The molecule has 0 aliphatic rings. The lowest BCUT2D eigenvalue weighted by atomic mass is 9.98. The van der Waals surface area contributed by atoms with Crippen LogP contribution >= 0.6 is 0 Å². The Morgan fingerprint density at radius 1 is 1.10 bits per heavy atom. The number of rotatable bonds is 5. The fraction of sp³-hybridized carbons (Fsp3) is 0.438. The monoisotopic (exact) mass is 270 g/mol. The lowest BCUT2D eigenvalue weighted by molar-refractivity contribution is 0.537. The van der Waals surface area contributed by atoms with E-state index in [-0.39, 0.29) is 0 Å². The molecule has 20 heavy (non-hydrogen) atoms. The van der Waals surface area contributed by atoms with E-state index in [2.05, 4.69) is 41.0 Å². The Morgan fingerprint density at radius 3 is 2.25 bits per heavy atom. The van der Waals surface area contributed by atoms with Crippen molar-refractivity contribution in [3.05, 3.63) is 41.5 Å². The highest BCUT2D eigenvalue weighted by molar-refractivity contribution is 5.54. The molecule has 2 heterocycles. The molecule has 2 aromatic heterocycles. The molecule has 1 unspecified atom stereocenters. The van der Waals surface area contributed by atoms with E-state index in [9.17, 15) is 0 Å². The van der Waals surface area contributed by atoms with Crippen molar-refractivity contribution in [2.45, 2.75) is 27.2 Å². The van der Waals surface area contributed by atoms with Crippen LogP contribution in [0.3, 0.4) is 0 Å². The van der Waals surface area contributed by atoms with E-state index < -0.39 is 0 Å². The van der Waals surface area contributed by atoms with E-state index in [0.29, 0.717) is 5.92 Å². The summed E-state index contributed by atoms with van der Waals surface area (Å²) in [5.74, 6) is 1.36. The molecule has 0 aliphatic heterocycles. The van der Waals surface area contributed by atoms with Crippen molar-refractivity contribution in [2.75, 3.05) is 13.6 Å². The summed E-state index contributed by atoms with van der Waals surface area (Å²) in [6, 6.07) is 3.88. The molecule has 1 N–H and O–H groups in total. The average Bonchev–Trinajstić information content (AvgIpc) is 2.44. The van der Waals surface area contributed by atoms with Gasteiger partial charge in [0.05, 0.1) is 0 Å². The van der Waals surface area contributed by atoms with Gasteiger partial charge in [0.2, 0.25) is 0 Å². The summed E-state index contributed by atoms with van der Waals surface area (Å²) in [6.07, 6.45) is 4.55. The predicted octanol–water partition coefficient (Wildman–Crippen LogP) is 2.55. The number of aryl methyl sites for hydroxylation is 2. The van der Waals surface area contributed by atoms with E-state index in [4.69, 9.17) is 0 Å². The molecule has 106 valence electrons. The summed E-state index contributed by atoms with van der Waals surface area (Å²) < 4.78 is 0. The van der Waals surface area contributed by atoms with Crippen molar-refractivity contribution in [3.63, 3.8) is 0 Å². The van der Waals surface area contributed by atoms with Gasteiger partial charge in [-0.2, -0.15) is 0 Å². The van der Waals surface area contributed by atoms with E-state index in [1.807, 2.05) is 19.2 Å². The van der Waals surface area contributed by atoms with E-state index in [1.165, 1.54) is 5.56 Å². The van der Waals surface area contributed by atoms with Crippen LogP contribution < -0.4 is 5.32 Å². The van der Waals surface area contributed by atoms with Gasteiger partial charge in [0.25, 0.3) is 0 Å². The van der Waals surface area contributed by atoms with Gasteiger partial charge in [-0.15, -0.1) is 0 Å². The highest BCUT2D eigenvalue weighted by Gasteiger charge is 2.12. The Balaban J connectivity index is 2.30. The summed E-state index contributed by atoms with van der Waals surface area (Å²) in [5, 5.41) is 3.22. The van der Waals surface area contributed by atoms with E-state index in [1.54, 1.807) is 12.4 Å². The number of hydrogen-bond donors (Lipinski definition) is 1. The van der Waals surface area contributed by atoms with Gasteiger partial charge in [-0.05, 0) is 57.5 Å². The fourth-order valence-electron chi connectivity index (χ4n) is 2.43. The first-order valence-corrected chi connectivity index (χ1v) is 7.01. The van der Waals surface area contributed by atoms with Crippen molar-refractivity contribution in [3.8, 4) is 11.4 Å². The topological polar surface area (TPSA) is 50.7 Å². The first-order chi connectivity index (χ1) is 9.61. The molecule has 0 aromatic carbocycles. The second-order valence-electron chi connectivity index (χ2n) is 5.30. The van der Waals surface area contributed by atoms with Crippen LogP contribution in [0.2, 0.25) is 0 Å². The molecule has 0 spiro atoms. The molecule has 4 nitrogen and oxygen atoms in total. The molecular formula is C16H22N4. The third kappa shape index (κ3) is 3.39. The molecule has 0 saturated carbocycles. The van der Waals surface area contributed by atoms with Crippen LogP contribution in [0.15, 0.2) is 24.5 Å². The lowest BCUT2D eigenvalue weighted by Gasteiger charge is -2.15. The standard InChI is InChI=1S/C16H22N4/c1-11(10-17-4)9-15-12(2)19-16(20-13(15)3)14-5-7-18-8-6-14/h5-8,11,17H,9-10H2,1-4H3. The normalized spacial score (nSPS) is 12.4. The van der Waals surface area contributed by atoms with Crippen LogP contribution in [0.4, 0.5) is 0 Å². The van der Waals surface area contributed by atoms with Gasteiger partial charge in [-0.3, -0.25) is 4.98 Å². The van der Waals surface area contributed by atoms with Gasteiger partial charge in [0.1, 0.15) is 0 Å². The molecule has 4 heteroatoms. The van der Waals surface area contributed by atoms with Gasteiger partial charge in [-0.25, -0.2) is 9.97 Å². The summed E-state index contributed by atoms with van der Waals surface area (Å²) in [5.41, 5.74) is 4.44. The molecule has 2 aromatic rings. The lowest BCUT2D eigenvalue weighted by Crippen LogP contribution is -2.19. The molecule has 0 amide bonds. The van der Waals surface area contributed by atoms with Crippen molar-refractivity contribution < 1.29 is 0 Å². The van der Waals surface area contributed by atoms with Gasteiger partial charge >= 0.3 is 0 Å². The molecule has 1 atom stereocenters. The van der Waals surface area contributed by atoms with Crippen LogP contribution in [-0.4, -0.2) is 28.5 Å². The van der Waals surface area contributed by atoms with Gasteiger partial charge in [0, 0.05) is 29.3 Å². The minimum absolute atomic E-state index is 0.577. The first-order valence-electron chi connectivity index (χ1n) is 7.01. The van der Waals surface area contributed by atoms with E-state index >= 15 is 0 Å². The SMILES string of the molecule is CNCC(C)Cc1c(C)nc(-c2ccncc2)nc1C. The second kappa shape index (κ2) is 6.57. The minimum Gasteiger partial charge on any atom is -0.319 e. The Morgan fingerprint density at radius 2 is 1.70 bits per heavy atom. The summed E-state index contributed by atoms with van der Waals surface area (Å²) >= 11 is 0. The Bertz CT molecular complexity index is 543. The van der Waals surface area contributed by atoms with Gasteiger partial charge in [0.15, 0.2) is 5.82 Å². The third-order valence-electron chi connectivity index (χ3n) is 3.46. The van der Waals surface area contributed by atoms with Gasteiger partial charge in [-0.1, -0.05) is 6.92 Å². The molecule has 0 radical (unpaired) electrons. The van der Waals surface area contributed by atoms with Crippen molar-refractivity contribution in [2.24, 2.45) is 5.92 Å². The fourth-order valence-corrected chi connectivity index (χ4v) is 2.43. The summed E-state index contributed by atoms with van der Waals surface area (Å²) in [6.45, 7) is 7.39. The second-order valence-corrected chi connectivity index (χ2v) is 5.30. The van der Waals surface area contributed by atoms with Crippen LogP contribution in [0.5, 0.6) is 0 Å². The van der Waals surface area contributed by atoms with Crippen molar-refractivity contribution in [1.29, 1.82) is 0 Å². The maximum atomic E-state index is 4.66. The summed E-state index contributed by atoms with van der Waals surface area (Å²) in [4.78, 5) is 13.3. The Labute approximate surface area is 120 Å². The average molecular weight is 270 g/mol. The summed E-state index contributed by atoms with van der Waals surface area (Å²) in [7, 11) is 1.99. The highest BCUT2D eigenvalue weighted by atomic mass is 14.9. The zero-order valence-corrected chi connectivity index (χ0v) is 12.6. The van der Waals surface area contributed by atoms with Crippen LogP contribution in [-0.2, 0) is 6.42 Å². The molecular weight excluding hydrogens is 248 g/mol. The maximum absolute atomic E-state index is 4.66. The van der Waals surface area contributed by atoms with Crippen LogP contribution in [0.1, 0.15) is 23.9 Å².